The second-order valence-corrected chi connectivity index (χ2v) is 7.39. The van der Waals surface area contributed by atoms with Gasteiger partial charge in [0, 0.05) is 49.5 Å². The number of rotatable bonds is 6. The fourth-order valence-corrected chi connectivity index (χ4v) is 3.61. The fraction of sp³-hybridized carbons (Fsp3) is 0.455. The molecule has 0 saturated carbocycles. The lowest BCUT2D eigenvalue weighted by atomic mass is 10.00. The van der Waals surface area contributed by atoms with Gasteiger partial charge in [0.15, 0.2) is 0 Å². The van der Waals surface area contributed by atoms with Gasteiger partial charge >= 0.3 is 0 Å². The summed E-state index contributed by atoms with van der Waals surface area (Å²) >= 11 is 0. The molecule has 27 heavy (non-hydrogen) atoms. The molecule has 0 N–H and O–H groups in total. The van der Waals surface area contributed by atoms with Crippen molar-refractivity contribution >= 4 is 11.6 Å². The first-order valence-electron chi connectivity index (χ1n) is 9.68. The highest BCUT2D eigenvalue weighted by molar-refractivity contribution is 5.95. The molecule has 3 rings (SSSR count). The van der Waals surface area contributed by atoms with Gasteiger partial charge in [-0.15, -0.1) is 0 Å². The molecule has 2 heterocycles. The van der Waals surface area contributed by atoms with Gasteiger partial charge in [0.25, 0.3) is 0 Å². The van der Waals surface area contributed by atoms with E-state index in [4.69, 9.17) is 4.74 Å². The highest BCUT2D eigenvalue weighted by Gasteiger charge is 2.30. The molecule has 0 unspecified atom stereocenters. The third-order valence-electron chi connectivity index (χ3n) is 5.10. The minimum absolute atomic E-state index is 0.0391. The van der Waals surface area contributed by atoms with Gasteiger partial charge in [-0.3, -0.25) is 14.7 Å². The van der Waals surface area contributed by atoms with Crippen LogP contribution in [0, 0.1) is 5.92 Å². The molecule has 5 heteroatoms. The summed E-state index contributed by atoms with van der Waals surface area (Å²) in [6.45, 7) is 6.72. The summed E-state index contributed by atoms with van der Waals surface area (Å²) in [5, 5.41) is 0. The van der Waals surface area contributed by atoms with Crippen LogP contribution in [0.15, 0.2) is 48.7 Å². The van der Waals surface area contributed by atoms with Gasteiger partial charge < -0.3 is 9.64 Å². The van der Waals surface area contributed by atoms with Crippen LogP contribution in [-0.2, 0) is 11.3 Å². The Hall–Kier alpha value is -2.40. The van der Waals surface area contributed by atoms with Crippen LogP contribution in [0.2, 0.25) is 0 Å². The zero-order chi connectivity index (χ0) is 19.2. The molecular weight excluding hydrogens is 338 g/mol. The van der Waals surface area contributed by atoms with E-state index >= 15 is 0 Å². The lowest BCUT2D eigenvalue weighted by molar-refractivity contribution is -0.122. The molecule has 5 nitrogen and oxygen atoms in total. The first-order chi connectivity index (χ1) is 13.1. The molecule has 1 aromatic heterocycles. The Kier molecular flexibility index (Phi) is 6.45. The summed E-state index contributed by atoms with van der Waals surface area (Å²) in [6, 6.07) is 14.1. The Morgan fingerprint density at radius 1 is 1.22 bits per heavy atom. The highest BCUT2D eigenvalue weighted by Crippen LogP contribution is 2.28. The molecule has 0 atom stereocenters. The van der Waals surface area contributed by atoms with Gasteiger partial charge in [0.05, 0.1) is 12.8 Å². The molecule has 0 radical (unpaired) electrons. The number of amides is 1. The number of hydrogen-bond acceptors (Lipinski definition) is 4. The number of piperidine rings is 1. The van der Waals surface area contributed by atoms with Crippen molar-refractivity contribution in [2.45, 2.75) is 39.3 Å². The van der Waals surface area contributed by atoms with Crippen LogP contribution in [0.3, 0.4) is 0 Å². The number of carbonyl (C=O) groups excluding carboxylic acids is 1. The van der Waals surface area contributed by atoms with Gasteiger partial charge in [-0.1, -0.05) is 26.0 Å². The van der Waals surface area contributed by atoms with E-state index in [2.05, 4.69) is 16.0 Å². The van der Waals surface area contributed by atoms with Crippen LogP contribution in [-0.4, -0.2) is 42.0 Å². The Bertz CT molecular complexity index is 740. The molecule has 144 valence electrons. The number of benzene rings is 1. The summed E-state index contributed by atoms with van der Waals surface area (Å²) in [5.41, 5.74) is 2.02. The molecule has 1 aliphatic rings. The molecule has 2 aromatic rings. The van der Waals surface area contributed by atoms with Crippen LogP contribution < -0.4 is 9.64 Å². The van der Waals surface area contributed by atoms with Crippen molar-refractivity contribution in [3.63, 3.8) is 0 Å². The zero-order valence-corrected chi connectivity index (χ0v) is 16.5. The van der Waals surface area contributed by atoms with Crippen molar-refractivity contribution in [3.05, 3.63) is 54.4 Å². The Balaban J connectivity index is 1.71. The van der Waals surface area contributed by atoms with Crippen molar-refractivity contribution in [2.75, 3.05) is 25.1 Å². The van der Waals surface area contributed by atoms with Gasteiger partial charge in [-0.25, -0.2) is 0 Å². The van der Waals surface area contributed by atoms with Gasteiger partial charge in [0.1, 0.15) is 5.75 Å². The average molecular weight is 367 g/mol. The van der Waals surface area contributed by atoms with E-state index in [1.54, 1.807) is 7.11 Å². The lowest BCUT2D eigenvalue weighted by Gasteiger charge is -2.39. The van der Waals surface area contributed by atoms with E-state index in [1.165, 1.54) is 0 Å². The summed E-state index contributed by atoms with van der Waals surface area (Å²) in [7, 11) is 1.66. The first-order valence-corrected chi connectivity index (χ1v) is 9.68. The summed E-state index contributed by atoms with van der Waals surface area (Å²) in [5.74, 6) is 0.913. The van der Waals surface area contributed by atoms with Crippen molar-refractivity contribution in [1.82, 2.24) is 9.88 Å². The van der Waals surface area contributed by atoms with Gasteiger partial charge in [-0.2, -0.15) is 0 Å². The number of carbonyl (C=O) groups is 1. The first kappa shape index (κ1) is 19.4. The molecule has 0 bridgehead atoms. The second kappa shape index (κ2) is 9.00. The number of pyridine rings is 1. The van der Waals surface area contributed by atoms with E-state index in [1.807, 2.05) is 61.3 Å². The summed E-state index contributed by atoms with van der Waals surface area (Å²) in [4.78, 5) is 21.8. The monoisotopic (exact) mass is 367 g/mol. The average Bonchev–Trinajstić information content (AvgIpc) is 2.70. The molecule has 0 aliphatic carbocycles. The third-order valence-corrected chi connectivity index (χ3v) is 5.10. The Labute approximate surface area is 162 Å². The van der Waals surface area contributed by atoms with E-state index < -0.39 is 0 Å². The van der Waals surface area contributed by atoms with E-state index in [0.717, 1.165) is 49.6 Å². The fourth-order valence-electron chi connectivity index (χ4n) is 3.61. The number of aromatic nitrogens is 1. The molecule has 1 aromatic carbocycles. The summed E-state index contributed by atoms with van der Waals surface area (Å²) < 4.78 is 5.36. The number of anilines is 1. The standard InChI is InChI=1S/C22H29N3O2/c1-17(2)22(26)25(20-8-6-9-21(15-20)27-3)19-10-13-24(14-11-19)16-18-7-4-5-12-23-18/h4-9,12,15,17,19H,10-11,13-14,16H2,1-3H3. The van der Waals surface area contributed by atoms with Gasteiger partial charge in [0.2, 0.25) is 5.91 Å². The normalized spacial score (nSPS) is 15.7. The van der Waals surface area contributed by atoms with Crippen molar-refractivity contribution in [1.29, 1.82) is 0 Å². The van der Waals surface area contributed by atoms with Crippen molar-refractivity contribution in [3.8, 4) is 5.75 Å². The maximum Gasteiger partial charge on any atom is 0.229 e. The number of nitrogens with zero attached hydrogens (tertiary/aromatic N) is 3. The van der Waals surface area contributed by atoms with E-state index in [9.17, 15) is 4.79 Å². The minimum atomic E-state index is -0.0391. The van der Waals surface area contributed by atoms with Crippen LogP contribution in [0.25, 0.3) is 0 Å². The third kappa shape index (κ3) is 4.86. The molecule has 0 spiro atoms. The second-order valence-electron chi connectivity index (χ2n) is 7.39. The number of ether oxygens (including phenoxy) is 1. The number of methoxy groups -OCH3 is 1. The highest BCUT2D eigenvalue weighted by atomic mass is 16.5. The number of hydrogen-bond donors (Lipinski definition) is 0. The van der Waals surface area contributed by atoms with E-state index in [0.29, 0.717) is 0 Å². The quantitative estimate of drug-likeness (QED) is 0.780. The predicted molar refractivity (Wildman–Crippen MR) is 108 cm³/mol. The maximum atomic E-state index is 13.0. The molecule has 1 fully saturated rings. The molecule has 1 saturated heterocycles. The van der Waals surface area contributed by atoms with Crippen molar-refractivity contribution < 1.29 is 9.53 Å². The minimum Gasteiger partial charge on any atom is -0.497 e. The lowest BCUT2D eigenvalue weighted by Crippen LogP contribution is -2.48. The maximum absolute atomic E-state index is 13.0. The van der Waals surface area contributed by atoms with Crippen LogP contribution in [0.1, 0.15) is 32.4 Å². The van der Waals surface area contributed by atoms with Crippen LogP contribution in [0.5, 0.6) is 5.75 Å². The SMILES string of the molecule is COc1cccc(N(C(=O)C(C)C)C2CCN(Cc3ccccn3)CC2)c1. The predicted octanol–water partition coefficient (Wildman–Crippen LogP) is 3.74. The Morgan fingerprint density at radius 2 is 2.00 bits per heavy atom. The largest absolute Gasteiger partial charge is 0.497 e. The zero-order valence-electron chi connectivity index (χ0n) is 16.5. The molecule has 1 amide bonds. The topological polar surface area (TPSA) is 45.7 Å². The van der Waals surface area contributed by atoms with Crippen molar-refractivity contribution in [2.24, 2.45) is 5.92 Å². The smallest absolute Gasteiger partial charge is 0.229 e. The van der Waals surface area contributed by atoms with Gasteiger partial charge in [-0.05, 0) is 37.1 Å². The summed E-state index contributed by atoms with van der Waals surface area (Å²) in [6.07, 6.45) is 3.76. The van der Waals surface area contributed by atoms with E-state index in [-0.39, 0.29) is 17.9 Å². The van der Waals surface area contributed by atoms with Crippen LogP contribution >= 0.6 is 0 Å². The number of likely N-dealkylation sites (tertiary alicyclic amines) is 1. The Morgan fingerprint density at radius 3 is 2.63 bits per heavy atom. The molecular formula is C22H29N3O2. The molecule has 1 aliphatic heterocycles. The van der Waals surface area contributed by atoms with Crippen LogP contribution in [0.4, 0.5) is 5.69 Å².